The second-order valence-corrected chi connectivity index (χ2v) is 19.0. The third-order valence-electron chi connectivity index (χ3n) is 14.3. The molecule has 3 aliphatic rings. The van der Waals surface area contributed by atoms with Crippen LogP contribution in [0.4, 0.5) is 17.1 Å². The van der Waals surface area contributed by atoms with Gasteiger partial charge in [-0.05, 0) is 120 Å². The lowest BCUT2D eigenvalue weighted by Crippen LogP contribution is -2.26. The van der Waals surface area contributed by atoms with Crippen LogP contribution in [0.15, 0.2) is 224 Å². The van der Waals surface area contributed by atoms with E-state index in [1.165, 1.54) is 98.8 Å². The van der Waals surface area contributed by atoms with E-state index in [-0.39, 0.29) is 5.41 Å². The smallest absolute Gasteiger partial charge is 0.0740 e. The third kappa shape index (κ3) is 5.12. The van der Waals surface area contributed by atoms with Gasteiger partial charge >= 0.3 is 0 Å². The van der Waals surface area contributed by atoms with Crippen molar-refractivity contribution in [1.82, 2.24) is 0 Å². The molecule has 0 unspecified atom stereocenters. The van der Waals surface area contributed by atoms with Crippen molar-refractivity contribution < 1.29 is 0 Å². The van der Waals surface area contributed by atoms with Crippen molar-refractivity contribution in [3.8, 4) is 65.4 Å². The number of fused-ring (bicyclic) bond motifs is 13. The van der Waals surface area contributed by atoms with Crippen molar-refractivity contribution in [2.45, 2.75) is 24.7 Å². The highest BCUT2D eigenvalue weighted by atomic mass is 32.1. The molecule has 3 aliphatic carbocycles. The molecule has 0 N–H and O–H groups in total. The molecule has 1 aromatic heterocycles. The third-order valence-corrected chi connectivity index (χ3v) is 15.6. The minimum absolute atomic E-state index is 0.0982. The van der Waals surface area contributed by atoms with Crippen LogP contribution in [-0.2, 0) is 10.8 Å². The first-order valence-electron chi connectivity index (χ1n) is 22.3. The first kappa shape index (κ1) is 37.1. The van der Waals surface area contributed by atoms with Gasteiger partial charge in [0.05, 0.1) is 5.41 Å². The highest BCUT2D eigenvalue weighted by Gasteiger charge is 2.55. The fourth-order valence-electron chi connectivity index (χ4n) is 11.6. The zero-order chi connectivity index (χ0) is 42.6. The molecule has 9 aromatic carbocycles. The summed E-state index contributed by atoms with van der Waals surface area (Å²) in [6.45, 7) is 4.72. The predicted octanol–water partition coefficient (Wildman–Crippen LogP) is 16.9. The van der Waals surface area contributed by atoms with Gasteiger partial charge in [0.15, 0.2) is 0 Å². The number of thiophene rings is 1. The maximum atomic E-state index is 2.42. The van der Waals surface area contributed by atoms with Crippen LogP contribution in [0.1, 0.15) is 47.2 Å². The van der Waals surface area contributed by atoms with Gasteiger partial charge in [0.1, 0.15) is 0 Å². The van der Waals surface area contributed by atoms with Crippen molar-refractivity contribution in [3.05, 3.63) is 258 Å². The number of rotatable bonds is 6. The molecule has 0 radical (unpaired) electrons. The van der Waals surface area contributed by atoms with Gasteiger partial charge in [0.25, 0.3) is 0 Å². The van der Waals surface area contributed by atoms with E-state index < -0.39 is 5.41 Å². The van der Waals surface area contributed by atoms with Gasteiger partial charge in [-0.1, -0.05) is 202 Å². The molecule has 64 heavy (non-hydrogen) atoms. The highest BCUT2D eigenvalue weighted by Crippen LogP contribution is 2.69. The molecule has 0 saturated carbocycles. The topological polar surface area (TPSA) is 3.24 Å². The Kier molecular flexibility index (Phi) is 8.11. The van der Waals surface area contributed by atoms with Crippen molar-refractivity contribution in [2.75, 3.05) is 4.90 Å². The van der Waals surface area contributed by atoms with E-state index in [0.717, 1.165) is 17.1 Å². The van der Waals surface area contributed by atoms with Crippen LogP contribution >= 0.6 is 11.3 Å². The largest absolute Gasteiger partial charge is 0.310 e. The second-order valence-electron chi connectivity index (χ2n) is 17.9. The van der Waals surface area contributed by atoms with Gasteiger partial charge in [-0.25, -0.2) is 0 Å². The van der Waals surface area contributed by atoms with E-state index in [0.29, 0.717) is 0 Å². The molecule has 0 amide bonds. The summed E-state index contributed by atoms with van der Waals surface area (Å²) in [6, 6.07) is 83.6. The quantitative estimate of drug-likeness (QED) is 0.161. The standard InChI is InChI=1S/C62H43NS/c1-61(2)51-29-15-12-25-47(51)50-38-37-45(39-55(50)61)63(43-23-10-5-11-24-43)44-35-33-40(34-36-44)46-28-18-32-54-56(46)57-58(62(54)52-30-16-13-26-48(52)49-27-14-17-31-53(49)62)60(42-21-8-4-9-22-42)64-59(57)41-19-6-3-7-20-41/h3-39H,1-2H3. The van der Waals surface area contributed by atoms with E-state index in [4.69, 9.17) is 0 Å². The lowest BCUT2D eigenvalue weighted by molar-refractivity contribution is 0.660. The lowest BCUT2D eigenvalue weighted by Gasteiger charge is -2.31. The summed E-state index contributed by atoms with van der Waals surface area (Å²) in [5.41, 5.74) is 24.0. The van der Waals surface area contributed by atoms with Gasteiger partial charge in [-0.2, -0.15) is 0 Å². The Balaban J connectivity index is 1.03. The Bertz CT molecular complexity index is 3400. The fraction of sp³-hybridized carbons (Fsp3) is 0.0645. The first-order chi connectivity index (χ1) is 31.5. The van der Waals surface area contributed by atoms with E-state index in [9.17, 15) is 0 Å². The molecule has 1 spiro atoms. The Labute approximate surface area is 379 Å². The number of anilines is 3. The Morgan fingerprint density at radius 2 is 0.797 bits per heavy atom. The van der Waals surface area contributed by atoms with Crippen LogP contribution in [0.2, 0.25) is 0 Å². The van der Waals surface area contributed by atoms with E-state index in [1.54, 1.807) is 0 Å². The molecular formula is C62H43NS. The molecule has 0 aliphatic heterocycles. The van der Waals surface area contributed by atoms with Crippen molar-refractivity contribution in [1.29, 1.82) is 0 Å². The number of para-hydroxylation sites is 1. The second kappa shape index (κ2) is 14.0. The molecule has 2 heteroatoms. The van der Waals surface area contributed by atoms with Crippen LogP contribution in [0.3, 0.4) is 0 Å². The molecule has 0 bridgehead atoms. The van der Waals surface area contributed by atoms with Gasteiger partial charge in [-0.3, -0.25) is 0 Å². The molecule has 13 rings (SSSR count). The molecule has 0 atom stereocenters. The summed E-state index contributed by atoms with van der Waals surface area (Å²) in [7, 11) is 0. The molecule has 1 nitrogen and oxygen atoms in total. The molecule has 10 aromatic rings. The predicted molar refractivity (Wildman–Crippen MR) is 269 cm³/mol. The Morgan fingerprint density at radius 3 is 1.44 bits per heavy atom. The van der Waals surface area contributed by atoms with E-state index >= 15 is 0 Å². The summed E-state index contributed by atoms with van der Waals surface area (Å²) < 4.78 is 0. The van der Waals surface area contributed by atoms with E-state index in [2.05, 4.69) is 243 Å². The Hall–Kier alpha value is -7.52. The molecule has 0 saturated heterocycles. The Morgan fingerprint density at radius 1 is 0.328 bits per heavy atom. The number of hydrogen-bond acceptors (Lipinski definition) is 2. The molecule has 0 fully saturated rings. The zero-order valence-electron chi connectivity index (χ0n) is 35.7. The molecular weight excluding hydrogens is 791 g/mol. The van der Waals surface area contributed by atoms with Crippen molar-refractivity contribution in [2.24, 2.45) is 0 Å². The minimum Gasteiger partial charge on any atom is -0.310 e. The van der Waals surface area contributed by atoms with Gasteiger partial charge in [-0.15, -0.1) is 11.3 Å². The number of nitrogens with zero attached hydrogens (tertiary/aromatic N) is 1. The van der Waals surface area contributed by atoms with Crippen LogP contribution in [-0.4, -0.2) is 0 Å². The normalized spacial score (nSPS) is 14.0. The van der Waals surface area contributed by atoms with Crippen LogP contribution in [0, 0.1) is 0 Å². The average Bonchev–Trinajstić information content (AvgIpc) is 4.05. The molecule has 302 valence electrons. The molecule has 1 heterocycles. The summed E-state index contributed by atoms with van der Waals surface area (Å²) in [6.07, 6.45) is 0. The van der Waals surface area contributed by atoms with Crippen molar-refractivity contribution >= 4 is 28.4 Å². The van der Waals surface area contributed by atoms with Crippen LogP contribution in [0.5, 0.6) is 0 Å². The van der Waals surface area contributed by atoms with Crippen LogP contribution < -0.4 is 4.90 Å². The number of hydrogen-bond donors (Lipinski definition) is 0. The maximum Gasteiger partial charge on any atom is 0.0740 e. The number of benzene rings is 9. The minimum atomic E-state index is -0.492. The summed E-state index contributed by atoms with van der Waals surface area (Å²) in [4.78, 5) is 5.06. The summed E-state index contributed by atoms with van der Waals surface area (Å²) in [5, 5.41) is 0. The van der Waals surface area contributed by atoms with Crippen molar-refractivity contribution in [3.63, 3.8) is 0 Å². The fourth-order valence-corrected chi connectivity index (χ4v) is 12.9. The summed E-state index contributed by atoms with van der Waals surface area (Å²) >= 11 is 1.94. The monoisotopic (exact) mass is 833 g/mol. The van der Waals surface area contributed by atoms with Gasteiger partial charge < -0.3 is 4.90 Å². The average molecular weight is 834 g/mol. The van der Waals surface area contributed by atoms with Gasteiger partial charge in [0, 0.05) is 37.8 Å². The maximum absolute atomic E-state index is 2.42. The van der Waals surface area contributed by atoms with E-state index in [1.807, 2.05) is 11.3 Å². The van der Waals surface area contributed by atoms with Gasteiger partial charge in [0.2, 0.25) is 0 Å². The van der Waals surface area contributed by atoms with Crippen LogP contribution in [0.25, 0.3) is 65.4 Å². The zero-order valence-corrected chi connectivity index (χ0v) is 36.5. The summed E-state index contributed by atoms with van der Waals surface area (Å²) in [5.74, 6) is 0. The lowest BCUT2D eigenvalue weighted by atomic mass is 9.70. The first-order valence-corrected chi connectivity index (χ1v) is 23.2. The highest BCUT2D eigenvalue weighted by molar-refractivity contribution is 7.19. The SMILES string of the molecule is CC1(C)c2ccccc2-c2ccc(N(c3ccccc3)c3ccc(-c4cccc5c4-c4c(-c6ccccc6)sc(-c6ccccc6)c4C54c5ccccc5-c5ccccc54)cc3)cc21.